The van der Waals surface area contributed by atoms with Gasteiger partial charge in [-0.25, -0.2) is 4.79 Å². The highest BCUT2D eigenvalue weighted by Gasteiger charge is 2.10. The lowest BCUT2D eigenvalue weighted by Gasteiger charge is -2.01. The van der Waals surface area contributed by atoms with Crippen molar-refractivity contribution in [1.29, 1.82) is 0 Å². The Hall–Kier alpha value is -1.98. The second-order valence-electron chi connectivity index (χ2n) is 2.83. The highest BCUT2D eigenvalue weighted by atomic mass is 32.1. The molecule has 1 heterocycles. The van der Waals surface area contributed by atoms with Gasteiger partial charge in [0, 0.05) is 21.2 Å². The molecule has 1 aromatic rings. The quantitative estimate of drug-likeness (QED) is 0.266. The number of esters is 1. The maximum Gasteiger partial charge on any atom is 0.340 e. The lowest BCUT2D eigenvalue weighted by molar-refractivity contribution is -0.138. The number of carbonyl (C=O) groups is 1. The summed E-state index contributed by atoms with van der Waals surface area (Å²) in [6.07, 6.45) is 1.44. The number of nitrogens with zero attached hydrogens (tertiary/aromatic N) is 3. The van der Waals surface area contributed by atoms with Crippen molar-refractivity contribution in [2.75, 3.05) is 13.7 Å². The molecule has 90 valence electrons. The summed E-state index contributed by atoms with van der Waals surface area (Å²) in [4.78, 5) is 14.1. The van der Waals surface area contributed by atoms with Gasteiger partial charge in [0.1, 0.15) is 11.4 Å². The van der Waals surface area contributed by atoms with Gasteiger partial charge in [-0.15, -0.1) is 11.3 Å². The molecule has 1 aromatic heterocycles. The fourth-order valence-corrected chi connectivity index (χ4v) is 1.85. The lowest BCUT2D eigenvalue weighted by atomic mass is 10.2. The Kier molecular flexibility index (Phi) is 5.06. The summed E-state index contributed by atoms with van der Waals surface area (Å²) in [6.45, 7) is 1.90. The second kappa shape index (κ2) is 6.57. The first-order valence-corrected chi connectivity index (χ1v) is 5.71. The Balaban J connectivity index is 3.06. The summed E-state index contributed by atoms with van der Waals surface area (Å²) < 4.78 is 9.85. The number of hydrogen-bond acceptors (Lipinski definition) is 5. The van der Waals surface area contributed by atoms with Gasteiger partial charge in [0.15, 0.2) is 0 Å². The largest absolute Gasteiger partial charge is 0.495 e. The molecule has 0 saturated carbocycles. The van der Waals surface area contributed by atoms with E-state index in [2.05, 4.69) is 10.0 Å². The van der Waals surface area contributed by atoms with Crippen LogP contribution in [0.4, 0.5) is 0 Å². The number of rotatable bonds is 5. The monoisotopic (exact) mass is 253 g/mol. The molecule has 0 aliphatic carbocycles. The summed E-state index contributed by atoms with van der Waals surface area (Å²) in [5.74, 6) is -0.0384. The Labute approximate surface area is 102 Å². The number of ether oxygens (including phenoxy) is 2. The van der Waals surface area contributed by atoms with E-state index in [-0.39, 0.29) is 12.3 Å². The zero-order chi connectivity index (χ0) is 12.7. The van der Waals surface area contributed by atoms with E-state index in [4.69, 9.17) is 15.0 Å². The molecule has 0 spiro atoms. The minimum absolute atomic E-state index is 0.0916. The van der Waals surface area contributed by atoms with E-state index in [1.165, 1.54) is 24.5 Å². The second-order valence-corrected chi connectivity index (χ2v) is 3.58. The number of methoxy groups -OCH3 is 1. The predicted molar refractivity (Wildman–Crippen MR) is 64.6 cm³/mol. The fourth-order valence-electron chi connectivity index (χ4n) is 1.10. The third-order valence-electron chi connectivity index (χ3n) is 1.80. The van der Waals surface area contributed by atoms with Crippen molar-refractivity contribution >= 4 is 23.4 Å². The van der Waals surface area contributed by atoms with Gasteiger partial charge in [0.25, 0.3) is 0 Å². The van der Waals surface area contributed by atoms with Crippen molar-refractivity contribution in [3.05, 3.63) is 32.5 Å². The molecule has 6 nitrogen and oxygen atoms in total. The molecule has 0 unspecified atom stereocenters. The molecule has 0 saturated heterocycles. The van der Waals surface area contributed by atoms with E-state index in [0.29, 0.717) is 11.3 Å². The first-order valence-electron chi connectivity index (χ1n) is 4.77. The molecule has 0 atom stereocenters. The van der Waals surface area contributed by atoms with Crippen molar-refractivity contribution in [1.82, 2.24) is 0 Å². The van der Waals surface area contributed by atoms with E-state index in [1.54, 1.807) is 17.7 Å². The number of hydrogen-bond donors (Lipinski definition) is 0. The lowest BCUT2D eigenvalue weighted by Crippen LogP contribution is -2.05. The third-order valence-corrected chi connectivity index (χ3v) is 2.54. The van der Waals surface area contributed by atoms with Crippen LogP contribution in [0.15, 0.2) is 21.6 Å². The highest BCUT2D eigenvalue weighted by Crippen LogP contribution is 2.26. The normalized spacial score (nSPS) is 10.6. The summed E-state index contributed by atoms with van der Waals surface area (Å²) >= 11 is 1.42. The molecule has 0 aromatic carbocycles. The minimum atomic E-state index is -0.654. The van der Waals surface area contributed by atoms with Crippen molar-refractivity contribution < 1.29 is 14.3 Å². The van der Waals surface area contributed by atoms with Crippen LogP contribution in [0, 0.1) is 0 Å². The molecule has 7 heteroatoms. The molecule has 0 bridgehead atoms. The van der Waals surface area contributed by atoms with Crippen LogP contribution in [0.1, 0.15) is 12.5 Å². The summed E-state index contributed by atoms with van der Waals surface area (Å²) in [5, 5.41) is 6.87. The van der Waals surface area contributed by atoms with Gasteiger partial charge < -0.3 is 9.47 Å². The zero-order valence-corrected chi connectivity index (χ0v) is 10.2. The van der Waals surface area contributed by atoms with Crippen LogP contribution in [0.25, 0.3) is 16.5 Å². The van der Waals surface area contributed by atoms with Crippen LogP contribution in [0.5, 0.6) is 5.75 Å². The average molecular weight is 253 g/mol. The number of thiophene rings is 1. The maximum absolute atomic E-state index is 11.5. The van der Waals surface area contributed by atoms with Crippen molar-refractivity contribution in [3.63, 3.8) is 0 Å². The molecule has 17 heavy (non-hydrogen) atoms. The summed E-state index contributed by atoms with van der Waals surface area (Å²) in [5.41, 5.74) is 8.97. The molecule has 0 amide bonds. The Morgan fingerprint density at radius 3 is 3.00 bits per heavy atom. The Morgan fingerprint density at radius 2 is 2.41 bits per heavy atom. The molecular formula is C10H11N3O3S. The fraction of sp³-hybridized carbons (Fsp3) is 0.300. The smallest absolute Gasteiger partial charge is 0.340 e. The van der Waals surface area contributed by atoms with Crippen LogP contribution in [0.2, 0.25) is 0 Å². The highest BCUT2D eigenvalue weighted by molar-refractivity contribution is 7.08. The SMILES string of the molecule is CCOC(=O)C(=Cc1cscc1OC)N=[N+]=[N-]. The van der Waals surface area contributed by atoms with Gasteiger partial charge in [-0.3, -0.25) is 0 Å². The first kappa shape index (κ1) is 13.1. The third kappa shape index (κ3) is 3.51. The summed E-state index contributed by atoms with van der Waals surface area (Å²) in [6, 6.07) is 0. The number of azide groups is 1. The van der Waals surface area contributed by atoms with Gasteiger partial charge in [0.2, 0.25) is 0 Å². The van der Waals surface area contributed by atoms with Crippen molar-refractivity contribution in [2.45, 2.75) is 6.92 Å². The molecular weight excluding hydrogens is 242 g/mol. The zero-order valence-electron chi connectivity index (χ0n) is 9.41. The van der Waals surface area contributed by atoms with Gasteiger partial charge in [-0.05, 0) is 18.5 Å². The van der Waals surface area contributed by atoms with E-state index in [1.807, 2.05) is 0 Å². The van der Waals surface area contributed by atoms with Gasteiger partial charge in [-0.2, -0.15) is 0 Å². The van der Waals surface area contributed by atoms with Crippen LogP contribution in [-0.4, -0.2) is 19.7 Å². The molecule has 0 radical (unpaired) electrons. The van der Waals surface area contributed by atoms with Gasteiger partial charge in [-0.1, -0.05) is 5.11 Å². The standard InChI is InChI=1S/C10H11N3O3S/c1-3-16-10(14)8(12-13-11)4-7-5-17-6-9(7)15-2/h4-6H,3H2,1-2H3. The maximum atomic E-state index is 11.5. The van der Waals surface area contributed by atoms with E-state index >= 15 is 0 Å². The van der Waals surface area contributed by atoms with E-state index < -0.39 is 5.97 Å². The average Bonchev–Trinajstić information content (AvgIpc) is 2.76. The predicted octanol–water partition coefficient (Wildman–Crippen LogP) is 2.97. The van der Waals surface area contributed by atoms with Crippen LogP contribution < -0.4 is 4.74 Å². The summed E-state index contributed by atoms with van der Waals surface area (Å²) in [7, 11) is 1.52. The minimum Gasteiger partial charge on any atom is -0.495 e. The molecule has 0 fully saturated rings. The topological polar surface area (TPSA) is 84.3 Å². The Morgan fingerprint density at radius 1 is 1.65 bits per heavy atom. The van der Waals surface area contributed by atoms with E-state index in [9.17, 15) is 4.79 Å². The van der Waals surface area contributed by atoms with Crippen molar-refractivity contribution in [2.24, 2.45) is 5.11 Å². The van der Waals surface area contributed by atoms with Crippen LogP contribution >= 0.6 is 11.3 Å². The molecule has 0 aliphatic heterocycles. The van der Waals surface area contributed by atoms with Crippen molar-refractivity contribution in [3.8, 4) is 5.75 Å². The molecule has 1 rings (SSSR count). The Bertz CT molecular complexity index is 475. The van der Waals surface area contributed by atoms with Crippen LogP contribution in [0.3, 0.4) is 0 Å². The molecule has 0 N–H and O–H groups in total. The first-order chi connectivity index (χ1) is 8.22. The van der Waals surface area contributed by atoms with Gasteiger partial charge in [0.05, 0.1) is 13.7 Å². The van der Waals surface area contributed by atoms with Crippen LogP contribution in [-0.2, 0) is 9.53 Å². The number of carbonyl (C=O) groups excluding carboxylic acids is 1. The van der Waals surface area contributed by atoms with Gasteiger partial charge >= 0.3 is 5.97 Å². The van der Waals surface area contributed by atoms with E-state index in [0.717, 1.165) is 0 Å². The molecule has 0 aliphatic rings.